The average molecular weight is 397 g/mol. The van der Waals surface area contributed by atoms with Crippen LogP contribution in [0.3, 0.4) is 0 Å². The average Bonchev–Trinajstić information content (AvgIpc) is 2.41. The number of nitrogens with one attached hydrogen (secondary N) is 1. The molecule has 0 saturated heterocycles. The van der Waals surface area contributed by atoms with Crippen LogP contribution in [0.5, 0.6) is 0 Å². The predicted molar refractivity (Wildman–Crippen MR) is 90.4 cm³/mol. The Bertz CT molecular complexity index is 653. The molecule has 0 fully saturated rings. The first-order valence-corrected chi connectivity index (χ1v) is 7.96. The topological polar surface area (TPSA) is 29.1 Å². The molecule has 2 nitrogen and oxygen atoms in total. The Morgan fingerprint density at radius 2 is 1.90 bits per heavy atom. The molecule has 2 rings (SSSR count). The van der Waals surface area contributed by atoms with Gasteiger partial charge in [-0.05, 0) is 64.7 Å². The molecule has 0 aliphatic heterocycles. The van der Waals surface area contributed by atoms with Crippen LogP contribution in [-0.4, -0.2) is 5.91 Å². The van der Waals surface area contributed by atoms with Gasteiger partial charge in [0.05, 0.1) is 5.56 Å². The SMILES string of the molecule is CCc1cc(Br)cc(C)c1NC(=O)c1ccccc1Br. The van der Waals surface area contributed by atoms with Crippen molar-refractivity contribution >= 4 is 43.5 Å². The monoisotopic (exact) mass is 395 g/mol. The van der Waals surface area contributed by atoms with Crippen molar-refractivity contribution in [3.63, 3.8) is 0 Å². The number of anilines is 1. The molecule has 0 bridgehead atoms. The zero-order valence-electron chi connectivity index (χ0n) is 11.3. The second-order valence-corrected chi connectivity index (χ2v) is 6.31. The molecule has 0 aliphatic carbocycles. The van der Waals surface area contributed by atoms with Crippen molar-refractivity contribution in [2.45, 2.75) is 20.3 Å². The molecule has 0 aromatic heterocycles. The van der Waals surface area contributed by atoms with E-state index in [0.29, 0.717) is 5.56 Å². The second kappa shape index (κ2) is 6.55. The van der Waals surface area contributed by atoms with Gasteiger partial charge in [0.15, 0.2) is 0 Å². The maximum Gasteiger partial charge on any atom is 0.256 e. The van der Waals surface area contributed by atoms with Crippen molar-refractivity contribution in [2.75, 3.05) is 5.32 Å². The Morgan fingerprint density at radius 3 is 2.55 bits per heavy atom. The van der Waals surface area contributed by atoms with Gasteiger partial charge in [0.2, 0.25) is 0 Å². The highest BCUT2D eigenvalue weighted by Crippen LogP contribution is 2.27. The van der Waals surface area contributed by atoms with E-state index in [1.807, 2.05) is 37.3 Å². The zero-order valence-corrected chi connectivity index (χ0v) is 14.5. The number of benzene rings is 2. The van der Waals surface area contributed by atoms with Crippen LogP contribution >= 0.6 is 31.9 Å². The van der Waals surface area contributed by atoms with Gasteiger partial charge in [-0.3, -0.25) is 4.79 Å². The summed E-state index contributed by atoms with van der Waals surface area (Å²) < 4.78 is 1.83. The van der Waals surface area contributed by atoms with Gasteiger partial charge in [-0.15, -0.1) is 0 Å². The van der Waals surface area contributed by atoms with E-state index in [0.717, 1.165) is 32.2 Å². The summed E-state index contributed by atoms with van der Waals surface area (Å²) in [6.07, 6.45) is 0.867. The smallest absolute Gasteiger partial charge is 0.256 e. The normalized spacial score (nSPS) is 10.4. The molecule has 0 unspecified atom stereocenters. The molecule has 1 N–H and O–H groups in total. The molecule has 104 valence electrons. The lowest BCUT2D eigenvalue weighted by atomic mass is 10.1. The predicted octanol–water partition coefficient (Wildman–Crippen LogP) is 5.33. The lowest BCUT2D eigenvalue weighted by Gasteiger charge is -2.14. The van der Waals surface area contributed by atoms with E-state index in [1.54, 1.807) is 6.07 Å². The number of aryl methyl sites for hydroxylation is 2. The minimum Gasteiger partial charge on any atom is -0.321 e. The lowest BCUT2D eigenvalue weighted by Crippen LogP contribution is -2.15. The van der Waals surface area contributed by atoms with Crippen LogP contribution in [0, 0.1) is 6.92 Å². The number of carbonyl (C=O) groups excluding carboxylic acids is 1. The van der Waals surface area contributed by atoms with E-state index in [4.69, 9.17) is 0 Å². The summed E-state index contributed by atoms with van der Waals surface area (Å²) in [5.41, 5.74) is 3.71. The Kier molecular flexibility index (Phi) is 5.00. The van der Waals surface area contributed by atoms with E-state index in [9.17, 15) is 4.79 Å². The minimum atomic E-state index is -0.0994. The fourth-order valence-corrected chi connectivity index (χ4v) is 3.18. The maximum atomic E-state index is 12.4. The van der Waals surface area contributed by atoms with Crippen molar-refractivity contribution in [2.24, 2.45) is 0 Å². The highest BCUT2D eigenvalue weighted by atomic mass is 79.9. The summed E-state index contributed by atoms with van der Waals surface area (Å²) in [4.78, 5) is 12.4. The molecule has 0 atom stereocenters. The van der Waals surface area contributed by atoms with Crippen molar-refractivity contribution in [1.82, 2.24) is 0 Å². The standard InChI is InChI=1S/C16H15Br2NO/c1-3-11-9-12(17)8-10(2)15(11)19-16(20)13-6-4-5-7-14(13)18/h4-9H,3H2,1-2H3,(H,19,20). The lowest BCUT2D eigenvalue weighted by molar-refractivity contribution is 0.102. The zero-order chi connectivity index (χ0) is 14.7. The molecule has 2 aromatic rings. The minimum absolute atomic E-state index is 0.0994. The largest absolute Gasteiger partial charge is 0.321 e. The number of halogens is 2. The molecule has 0 spiro atoms. The van der Waals surface area contributed by atoms with E-state index >= 15 is 0 Å². The van der Waals surface area contributed by atoms with Gasteiger partial charge in [0.1, 0.15) is 0 Å². The highest BCUT2D eigenvalue weighted by molar-refractivity contribution is 9.10. The number of amides is 1. The third kappa shape index (κ3) is 3.30. The van der Waals surface area contributed by atoms with Crippen LogP contribution in [0.1, 0.15) is 28.4 Å². The number of carbonyl (C=O) groups is 1. The van der Waals surface area contributed by atoms with Crippen LogP contribution in [0.2, 0.25) is 0 Å². The number of rotatable bonds is 3. The Labute approximate surface area is 135 Å². The fourth-order valence-electron chi connectivity index (χ4n) is 2.10. The summed E-state index contributed by atoms with van der Waals surface area (Å²) in [7, 11) is 0. The fraction of sp³-hybridized carbons (Fsp3) is 0.188. The quantitative estimate of drug-likeness (QED) is 0.745. The third-order valence-corrected chi connectivity index (χ3v) is 4.27. The third-order valence-electron chi connectivity index (χ3n) is 3.12. The molecule has 4 heteroatoms. The van der Waals surface area contributed by atoms with Crippen molar-refractivity contribution in [3.8, 4) is 0 Å². The van der Waals surface area contributed by atoms with E-state index in [2.05, 4.69) is 44.1 Å². The van der Waals surface area contributed by atoms with Gasteiger partial charge < -0.3 is 5.32 Å². The van der Waals surface area contributed by atoms with Gasteiger partial charge in [-0.2, -0.15) is 0 Å². The molecule has 0 aliphatic rings. The highest BCUT2D eigenvalue weighted by Gasteiger charge is 2.13. The maximum absolute atomic E-state index is 12.4. The Balaban J connectivity index is 2.35. The van der Waals surface area contributed by atoms with Gasteiger partial charge in [0, 0.05) is 14.6 Å². The van der Waals surface area contributed by atoms with E-state index in [1.165, 1.54) is 0 Å². The first-order valence-electron chi connectivity index (χ1n) is 6.37. The summed E-state index contributed by atoms with van der Waals surface area (Å²) in [5, 5.41) is 3.02. The van der Waals surface area contributed by atoms with Crippen molar-refractivity contribution < 1.29 is 4.79 Å². The van der Waals surface area contributed by atoms with Crippen LogP contribution in [0.15, 0.2) is 45.3 Å². The first kappa shape index (κ1) is 15.3. The molecule has 0 heterocycles. The Morgan fingerprint density at radius 1 is 1.20 bits per heavy atom. The van der Waals surface area contributed by atoms with Gasteiger partial charge in [-0.1, -0.05) is 35.0 Å². The summed E-state index contributed by atoms with van der Waals surface area (Å²) in [6, 6.07) is 11.5. The summed E-state index contributed by atoms with van der Waals surface area (Å²) in [5.74, 6) is -0.0994. The Hall–Kier alpha value is -1.13. The first-order chi connectivity index (χ1) is 9.52. The summed E-state index contributed by atoms with van der Waals surface area (Å²) in [6.45, 7) is 4.08. The van der Waals surface area contributed by atoms with Crippen LogP contribution in [-0.2, 0) is 6.42 Å². The van der Waals surface area contributed by atoms with Crippen LogP contribution in [0.25, 0.3) is 0 Å². The van der Waals surface area contributed by atoms with Gasteiger partial charge in [-0.25, -0.2) is 0 Å². The molecule has 0 saturated carbocycles. The van der Waals surface area contributed by atoms with Gasteiger partial charge in [0.25, 0.3) is 5.91 Å². The van der Waals surface area contributed by atoms with Crippen LogP contribution < -0.4 is 5.32 Å². The van der Waals surface area contributed by atoms with E-state index in [-0.39, 0.29) is 5.91 Å². The number of hydrogen-bond acceptors (Lipinski definition) is 1. The second-order valence-electron chi connectivity index (χ2n) is 4.54. The van der Waals surface area contributed by atoms with Crippen molar-refractivity contribution in [1.29, 1.82) is 0 Å². The van der Waals surface area contributed by atoms with Gasteiger partial charge >= 0.3 is 0 Å². The van der Waals surface area contributed by atoms with E-state index < -0.39 is 0 Å². The number of hydrogen-bond donors (Lipinski definition) is 1. The molecular weight excluding hydrogens is 382 g/mol. The van der Waals surface area contributed by atoms with Crippen LogP contribution in [0.4, 0.5) is 5.69 Å². The van der Waals surface area contributed by atoms with Crippen molar-refractivity contribution in [3.05, 3.63) is 62.0 Å². The molecule has 20 heavy (non-hydrogen) atoms. The molecule has 2 aromatic carbocycles. The molecule has 1 amide bonds. The summed E-state index contributed by atoms with van der Waals surface area (Å²) >= 11 is 6.90. The molecular formula is C16H15Br2NO. The molecule has 0 radical (unpaired) electrons.